The molecule has 0 spiro atoms. The van der Waals surface area contributed by atoms with Crippen LogP contribution in [0.1, 0.15) is 38.3 Å². The lowest BCUT2D eigenvalue weighted by Gasteiger charge is -2.31. The van der Waals surface area contributed by atoms with Gasteiger partial charge in [-0.15, -0.1) is 0 Å². The normalized spacial score (nSPS) is 18.5. The quantitative estimate of drug-likeness (QED) is 0.644. The van der Waals surface area contributed by atoms with Gasteiger partial charge in [0.25, 0.3) is 5.69 Å². The van der Waals surface area contributed by atoms with E-state index < -0.39 is 0 Å². The van der Waals surface area contributed by atoms with Gasteiger partial charge in [-0.1, -0.05) is 13.3 Å². The maximum Gasteiger partial charge on any atom is 0.290 e. The first-order valence-electron chi connectivity index (χ1n) is 7.72. The first kappa shape index (κ1) is 15.7. The molecule has 21 heavy (non-hydrogen) atoms. The molecule has 2 rings (SSSR count). The number of anilines is 1. The molecule has 1 aromatic heterocycles. The van der Waals surface area contributed by atoms with Crippen molar-refractivity contribution in [3.8, 4) is 0 Å². The van der Waals surface area contributed by atoms with Crippen LogP contribution in [0.3, 0.4) is 0 Å². The first-order valence-corrected chi connectivity index (χ1v) is 7.72. The Bertz CT molecular complexity index is 487. The average Bonchev–Trinajstić information content (AvgIpc) is 2.47. The molecule has 116 valence electrons. The van der Waals surface area contributed by atoms with E-state index in [0.29, 0.717) is 11.7 Å². The van der Waals surface area contributed by atoms with E-state index in [-0.39, 0.29) is 10.6 Å². The number of pyridine rings is 1. The molecular formula is C15H24N4O2. The molecule has 1 fully saturated rings. The fraction of sp³-hybridized carbons (Fsp3) is 0.667. The Morgan fingerprint density at radius 3 is 2.86 bits per heavy atom. The van der Waals surface area contributed by atoms with Gasteiger partial charge in [0.2, 0.25) is 0 Å². The second-order valence-electron chi connectivity index (χ2n) is 5.62. The van der Waals surface area contributed by atoms with E-state index in [4.69, 9.17) is 0 Å². The van der Waals surface area contributed by atoms with Crippen molar-refractivity contribution in [1.29, 1.82) is 0 Å². The van der Waals surface area contributed by atoms with Gasteiger partial charge in [0, 0.05) is 25.2 Å². The second-order valence-corrected chi connectivity index (χ2v) is 5.62. The molecular weight excluding hydrogens is 268 g/mol. The van der Waals surface area contributed by atoms with Crippen LogP contribution < -0.4 is 10.2 Å². The van der Waals surface area contributed by atoms with Crippen LogP contribution in [0.5, 0.6) is 0 Å². The molecule has 0 amide bonds. The minimum atomic E-state index is -0.376. The van der Waals surface area contributed by atoms with E-state index in [1.54, 1.807) is 19.1 Å². The van der Waals surface area contributed by atoms with Crippen molar-refractivity contribution in [2.24, 2.45) is 0 Å². The van der Waals surface area contributed by atoms with Crippen LogP contribution in [-0.4, -0.2) is 35.6 Å². The Kier molecular flexibility index (Phi) is 5.50. The summed E-state index contributed by atoms with van der Waals surface area (Å²) in [6.45, 7) is 6.75. The van der Waals surface area contributed by atoms with Gasteiger partial charge < -0.3 is 10.2 Å². The number of nitrogens with zero attached hydrogens (tertiary/aromatic N) is 3. The van der Waals surface area contributed by atoms with Gasteiger partial charge in [0.15, 0.2) is 0 Å². The predicted molar refractivity (Wildman–Crippen MR) is 83.8 cm³/mol. The minimum absolute atomic E-state index is 0.0889. The molecule has 0 bridgehead atoms. The zero-order chi connectivity index (χ0) is 15.2. The zero-order valence-electron chi connectivity index (χ0n) is 12.8. The van der Waals surface area contributed by atoms with E-state index in [1.807, 2.05) is 0 Å². The van der Waals surface area contributed by atoms with Gasteiger partial charge in [-0.05, 0) is 38.8 Å². The molecule has 1 saturated heterocycles. The standard InChI is InChI=1S/C15H24N4O2/c1-3-10-18(11-13-6-4-5-9-16-13)15-8-7-14(19(20)21)12(2)17-15/h7-8,13,16H,3-6,9-11H2,1-2H3. The number of hydrogen-bond acceptors (Lipinski definition) is 5. The largest absolute Gasteiger partial charge is 0.355 e. The highest BCUT2D eigenvalue weighted by Crippen LogP contribution is 2.21. The summed E-state index contributed by atoms with van der Waals surface area (Å²) in [7, 11) is 0. The lowest BCUT2D eigenvalue weighted by atomic mass is 10.0. The van der Waals surface area contributed by atoms with E-state index in [1.165, 1.54) is 19.3 Å². The summed E-state index contributed by atoms with van der Waals surface area (Å²) in [5.41, 5.74) is 0.571. The van der Waals surface area contributed by atoms with Gasteiger partial charge in [-0.3, -0.25) is 10.1 Å². The molecule has 0 saturated carbocycles. The molecule has 2 heterocycles. The molecule has 1 N–H and O–H groups in total. The van der Waals surface area contributed by atoms with Crippen LogP contribution in [-0.2, 0) is 0 Å². The van der Waals surface area contributed by atoms with Crippen molar-refractivity contribution < 1.29 is 4.92 Å². The second kappa shape index (κ2) is 7.36. The fourth-order valence-electron chi connectivity index (χ4n) is 2.82. The monoisotopic (exact) mass is 292 g/mol. The molecule has 1 unspecified atom stereocenters. The number of rotatable bonds is 6. The molecule has 6 heteroatoms. The molecule has 1 aromatic rings. The van der Waals surface area contributed by atoms with Crippen molar-refractivity contribution in [3.63, 3.8) is 0 Å². The van der Waals surface area contributed by atoms with Crippen molar-refractivity contribution in [2.45, 2.75) is 45.6 Å². The summed E-state index contributed by atoms with van der Waals surface area (Å²) in [4.78, 5) is 17.2. The van der Waals surface area contributed by atoms with E-state index in [9.17, 15) is 10.1 Å². The lowest BCUT2D eigenvalue weighted by Crippen LogP contribution is -2.44. The highest BCUT2D eigenvalue weighted by Gasteiger charge is 2.19. The number of nitrogens with one attached hydrogen (secondary N) is 1. The highest BCUT2D eigenvalue weighted by molar-refractivity contribution is 5.47. The van der Waals surface area contributed by atoms with Gasteiger partial charge in [-0.25, -0.2) is 4.98 Å². The molecule has 1 aliphatic heterocycles. The summed E-state index contributed by atoms with van der Waals surface area (Å²) < 4.78 is 0. The summed E-state index contributed by atoms with van der Waals surface area (Å²) in [5, 5.41) is 14.4. The van der Waals surface area contributed by atoms with E-state index in [0.717, 1.165) is 31.9 Å². The molecule has 0 radical (unpaired) electrons. The van der Waals surface area contributed by atoms with Crippen molar-refractivity contribution >= 4 is 11.5 Å². The predicted octanol–water partition coefficient (Wildman–Crippen LogP) is 2.66. The van der Waals surface area contributed by atoms with Gasteiger partial charge in [-0.2, -0.15) is 0 Å². The average molecular weight is 292 g/mol. The summed E-state index contributed by atoms with van der Waals surface area (Å²) in [5.74, 6) is 0.840. The van der Waals surface area contributed by atoms with Crippen LogP contribution in [0, 0.1) is 17.0 Å². The Balaban J connectivity index is 2.13. The lowest BCUT2D eigenvalue weighted by molar-refractivity contribution is -0.385. The summed E-state index contributed by atoms with van der Waals surface area (Å²) in [6, 6.07) is 3.82. The fourth-order valence-corrected chi connectivity index (χ4v) is 2.82. The Labute approximate surface area is 125 Å². The number of aryl methyl sites for hydroxylation is 1. The Morgan fingerprint density at radius 2 is 2.29 bits per heavy atom. The molecule has 1 aliphatic rings. The van der Waals surface area contributed by atoms with Crippen LogP contribution in [0.2, 0.25) is 0 Å². The smallest absolute Gasteiger partial charge is 0.290 e. The third kappa shape index (κ3) is 4.14. The Hall–Kier alpha value is -1.69. The third-order valence-electron chi connectivity index (χ3n) is 3.91. The van der Waals surface area contributed by atoms with Crippen molar-refractivity contribution in [2.75, 3.05) is 24.5 Å². The SMILES string of the molecule is CCCN(CC1CCCCN1)c1ccc([N+](=O)[O-])c(C)n1. The molecule has 1 atom stereocenters. The molecule has 0 aromatic carbocycles. The van der Waals surface area contributed by atoms with Gasteiger partial charge in [0.05, 0.1) is 4.92 Å². The number of nitro groups is 1. The first-order chi connectivity index (χ1) is 10.1. The summed E-state index contributed by atoms with van der Waals surface area (Å²) in [6.07, 6.45) is 4.74. The minimum Gasteiger partial charge on any atom is -0.355 e. The van der Waals surface area contributed by atoms with Crippen LogP contribution >= 0.6 is 0 Å². The maximum absolute atomic E-state index is 10.9. The molecule has 6 nitrogen and oxygen atoms in total. The third-order valence-corrected chi connectivity index (χ3v) is 3.91. The van der Waals surface area contributed by atoms with Crippen LogP contribution in [0.25, 0.3) is 0 Å². The topological polar surface area (TPSA) is 71.3 Å². The molecule has 0 aliphatic carbocycles. The highest BCUT2D eigenvalue weighted by atomic mass is 16.6. The Morgan fingerprint density at radius 1 is 1.48 bits per heavy atom. The van der Waals surface area contributed by atoms with Crippen molar-refractivity contribution in [3.05, 3.63) is 27.9 Å². The number of piperidine rings is 1. The van der Waals surface area contributed by atoms with Crippen LogP contribution in [0.15, 0.2) is 12.1 Å². The van der Waals surface area contributed by atoms with Crippen molar-refractivity contribution in [1.82, 2.24) is 10.3 Å². The van der Waals surface area contributed by atoms with Crippen LogP contribution in [0.4, 0.5) is 11.5 Å². The number of aromatic nitrogens is 1. The van der Waals surface area contributed by atoms with E-state index in [2.05, 4.69) is 22.1 Å². The van der Waals surface area contributed by atoms with Gasteiger partial charge in [0.1, 0.15) is 11.5 Å². The van der Waals surface area contributed by atoms with E-state index >= 15 is 0 Å². The zero-order valence-corrected chi connectivity index (χ0v) is 12.8. The van der Waals surface area contributed by atoms with Gasteiger partial charge >= 0.3 is 0 Å². The summed E-state index contributed by atoms with van der Waals surface area (Å²) >= 11 is 0. The maximum atomic E-state index is 10.9. The number of hydrogen-bond donors (Lipinski definition) is 1.